The maximum Gasteiger partial charge on any atom is 0.176 e. The van der Waals surface area contributed by atoms with Crippen molar-refractivity contribution in [3.8, 4) is 12.1 Å². The maximum atomic E-state index is 12.4. The Morgan fingerprint density at radius 3 is 1.94 bits per heavy atom. The summed E-state index contributed by atoms with van der Waals surface area (Å²) in [5, 5.41) is 19.1. The van der Waals surface area contributed by atoms with E-state index in [2.05, 4.69) is 21.9 Å². The van der Waals surface area contributed by atoms with E-state index in [0.717, 1.165) is 36.9 Å². The molecule has 1 saturated heterocycles. The lowest BCUT2D eigenvalue weighted by Gasteiger charge is -2.36. The number of halogens is 2. The summed E-state index contributed by atoms with van der Waals surface area (Å²) in [6.07, 6.45) is 0. The van der Waals surface area contributed by atoms with Gasteiger partial charge in [-0.1, -0.05) is 53.5 Å². The van der Waals surface area contributed by atoms with Gasteiger partial charge in [-0.05, 0) is 42.5 Å². The van der Waals surface area contributed by atoms with E-state index >= 15 is 0 Å². The second kappa shape index (κ2) is 12.0. The number of anilines is 1. The van der Waals surface area contributed by atoms with Gasteiger partial charge < -0.3 is 4.90 Å². The number of carbonyl (C=O) groups is 1. The van der Waals surface area contributed by atoms with Crippen LogP contribution in [0.3, 0.4) is 0 Å². The first-order chi connectivity index (χ1) is 16.0. The average Bonchev–Trinajstić information content (AvgIpc) is 2.85. The fourth-order valence-electron chi connectivity index (χ4n) is 3.42. The van der Waals surface area contributed by atoms with E-state index in [4.69, 9.17) is 33.7 Å². The number of piperazine rings is 1. The molecule has 3 aromatic carbocycles. The number of nitriles is 2. The van der Waals surface area contributed by atoms with Gasteiger partial charge in [0.25, 0.3) is 0 Å². The van der Waals surface area contributed by atoms with Crippen molar-refractivity contribution in [2.45, 2.75) is 0 Å². The van der Waals surface area contributed by atoms with Crippen molar-refractivity contribution >= 4 is 34.7 Å². The molecule has 0 saturated carbocycles. The van der Waals surface area contributed by atoms with E-state index < -0.39 is 0 Å². The van der Waals surface area contributed by atoms with E-state index in [0.29, 0.717) is 28.3 Å². The largest absolute Gasteiger partial charge is 0.368 e. The summed E-state index contributed by atoms with van der Waals surface area (Å²) < 4.78 is 0. The van der Waals surface area contributed by atoms with Crippen molar-refractivity contribution in [3.63, 3.8) is 0 Å². The van der Waals surface area contributed by atoms with E-state index in [1.807, 2.05) is 36.4 Å². The number of hydrogen-bond acceptors (Lipinski definition) is 5. The predicted molar refractivity (Wildman–Crippen MR) is 132 cm³/mol. The van der Waals surface area contributed by atoms with E-state index in [9.17, 15) is 4.79 Å². The average molecular weight is 477 g/mol. The zero-order valence-corrected chi connectivity index (χ0v) is 19.4. The number of nitrogens with zero attached hydrogens (tertiary/aromatic N) is 4. The number of rotatable bonds is 4. The Bertz CT molecular complexity index is 1160. The molecule has 166 valence electrons. The monoisotopic (exact) mass is 476 g/mol. The first kappa shape index (κ1) is 24.3. The molecule has 0 bridgehead atoms. The molecule has 4 rings (SSSR count). The molecule has 1 aliphatic heterocycles. The highest BCUT2D eigenvalue weighted by Crippen LogP contribution is 2.27. The molecular formula is C26H22Cl2N4O. The number of ketones is 1. The van der Waals surface area contributed by atoms with E-state index in [1.54, 1.807) is 36.4 Å². The van der Waals surface area contributed by atoms with Crippen molar-refractivity contribution in [2.75, 3.05) is 37.6 Å². The third kappa shape index (κ3) is 7.07. The molecule has 33 heavy (non-hydrogen) atoms. The molecule has 1 fully saturated rings. The van der Waals surface area contributed by atoms with Gasteiger partial charge in [0, 0.05) is 36.8 Å². The molecule has 1 heterocycles. The van der Waals surface area contributed by atoms with Crippen molar-refractivity contribution in [3.05, 3.63) is 99.5 Å². The van der Waals surface area contributed by atoms with Gasteiger partial charge in [0.1, 0.15) is 0 Å². The summed E-state index contributed by atoms with van der Waals surface area (Å²) >= 11 is 11.8. The third-order valence-electron chi connectivity index (χ3n) is 5.23. The Morgan fingerprint density at radius 1 is 0.818 bits per heavy atom. The Hall–Kier alpha value is -3.35. The summed E-state index contributed by atoms with van der Waals surface area (Å²) in [4.78, 5) is 16.7. The van der Waals surface area contributed by atoms with Crippen LogP contribution < -0.4 is 4.90 Å². The van der Waals surface area contributed by atoms with Gasteiger partial charge in [0.2, 0.25) is 0 Å². The lowest BCUT2D eigenvalue weighted by molar-refractivity contribution is 0.0926. The van der Waals surface area contributed by atoms with Gasteiger partial charge in [0.15, 0.2) is 5.78 Å². The molecule has 0 unspecified atom stereocenters. The molecule has 0 aliphatic carbocycles. The molecule has 0 aromatic heterocycles. The number of hydrogen-bond donors (Lipinski definition) is 0. The molecule has 0 radical (unpaired) electrons. The molecule has 1 aliphatic rings. The van der Waals surface area contributed by atoms with Crippen molar-refractivity contribution in [1.82, 2.24) is 4.90 Å². The van der Waals surface area contributed by atoms with Crippen LogP contribution in [0, 0.1) is 22.7 Å². The smallest absolute Gasteiger partial charge is 0.176 e. The highest BCUT2D eigenvalue weighted by Gasteiger charge is 2.21. The van der Waals surface area contributed by atoms with Crippen molar-refractivity contribution in [2.24, 2.45) is 0 Å². The fraction of sp³-hybridized carbons (Fsp3) is 0.192. The van der Waals surface area contributed by atoms with Crippen LogP contribution in [0.25, 0.3) is 0 Å². The van der Waals surface area contributed by atoms with Crippen molar-refractivity contribution < 1.29 is 4.79 Å². The molecule has 0 amide bonds. The van der Waals surface area contributed by atoms with Crippen LogP contribution >= 0.6 is 23.2 Å². The highest BCUT2D eigenvalue weighted by molar-refractivity contribution is 6.33. The zero-order valence-electron chi connectivity index (χ0n) is 17.9. The first-order valence-corrected chi connectivity index (χ1v) is 11.2. The molecular weight excluding hydrogens is 455 g/mol. The highest BCUT2D eigenvalue weighted by atomic mass is 35.5. The molecule has 7 heteroatoms. The van der Waals surface area contributed by atoms with Gasteiger partial charge in [-0.25, -0.2) is 0 Å². The van der Waals surface area contributed by atoms with Crippen LogP contribution in [-0.4, -0.2) is 43.4 Å². The Morgan fingerprint density at radius 2 is 1.42 bits per heavy atom. The summed E-state index contributed by atoms with van der Waals surface area (Å²) in [6.45, 7) is 3.43. The predicted octanol–water partition coefficient (Wildman–Crippen LogP) is 5.43. The van der Waals surface area contributed by atoms with Crippen LogP contribution in [0.1, 0.15) is 21.5 Å². The minimum absolute atomic E-state index is 0.0549. The SMILES string of the molecule is Clc1ccccc1.N#Cc1ccc(C(=O)CN2CCN(c3ccc(C#N)cc3Cl)CC2)cc1. The summed E-state index contributed by atoms with van der Waals surface area (Å²) in [5.41, 5.74) is 2.64. The normalized spacial score (nSPS) is 13.3. The first-order valence-electron chi connectivity index (χ1n) is 10.4. The van der Waals surface area contributed by atoms with E-state index in [-0.39, 0.29) is 5.78 Å². The Balaban J connectivity index is 0.000000374. The number of benzene rings is 3. The minimum Gasteiger partial charge on any atom is -0.368 e. The van der Waals surface area contributed by atoms with Crippen LogP contribution in [-0.2, 0) is 0 Å². The zero-order chi connectivity index (χ0) is 23.6. The maximum absolute atomic E-state index is 12.4. The van der Waals surface area contributed by atoms with Gasteiger partial charge in [-0.3, -0.25) is 9.69 Å². The van der Waals surface area contributed by atoms with Crippen LogP contribution in [0.4, 0.5) is 5.69 Å². The summed E-state index contributed by atoms with van der Waals surface area (Å²) in [7, 11) is 0. The molecule has 0 spiro atoms. The van der Waals surface area contributed by atoms with Crippen LogP contribution in [0.5, 0.6) is 0 Å². The van der Waals surface area contributed by atoms with Crippen molar-refractivity contribution in [1.29, 1.82) is 10.5 Å². The standard InChI is InChI=1S/C20H17ClN4O.C6H5Cl/c21-18-11-16(13-23)3-6-19(18)25-9-7-24(8-10-25)14-20(26)17-4-1-15(12-22)2-5-17;7-6-4-2-1-3-5-6/h1-6,11H,7-10,14H2;1-5H. The summed E-state index contributed by atoms with van der Waals surface area (Å²) in [5.74, 6) is 0.0549. The number of carbonyl (C=O) groups excluding carboxylic acids is 1. The topological polar surface area (TPSA) is 71.1 Å². The summed E-state index contributed by atoms with van der Waals surface area (Å²) in [6, 6.07) is 25.6. The second-order valence-corrected chi connectivity index (χ2v) is 8.29. The van der Waals surface area contributed by atoms with Crippen LogP contribution in [0.15, 0.2) is 72.8 Å². The van der Waals surface area contributed by atoms with Gasteiger partial charge in [-0.15, -0.1) is 0 Å². The fourth-order valence-corrected chi connectivity index (χ4v) is 3.87. The van der Waals surface area contributed by atoms with Gasteiger partial charge in [0.05, 0.1) is 40.5 Å². The van der Waals surface area contributed by atoms with E-state index in [1.165, 1.54) is 0 Å². The molecule has 0 atom stereocenters. The van der Waals surface area contributed by atoms with Gasteiger partial charge >= 0.3 is 0 Å². The minimum atomic E-state index is 0.0549. The molecule has 5 nitrogen and oxygen atoms in total. The number of Topliss-reactive ketones (excluding diaryl/α,β-unsaturated/α-hetero) is 1. The van der Waals surface area contributed by atoms with Gasteiger partial charge in [-0.2, -0.15) is 10.5 Å². The third-order valence-corrected chi connectivity index (χ3v) is 5.78. The quantitative estimate of drug-likeness (QED) is 0.469. The lowest BCUT2D eigenvalue weighted by Crippen LogP contribution is -2.48. The molecule has 0 N–H and O–H groups in total. The Kier molecular flexibility index (Phi) is 8.87. The lowest BCUT2D eigenvalue weighted by atomic mass is 10.1. The molecule has 3 aromatic rings. The second-order valence-electron chi connectivity index (χ2n) is 7.45. The van der Waals surface area contributed by atoms with Crippen LogP contribution in [0.2, 0.25) is 10.0 Å². The Labute approximate surface area is 204 Å².